The van der Waals surface area contributed by atoms with Gasteiger partial charge in [-0.1, -0.05) is 12.1 Å². The van der Waals surface area contributed by atoms with Crippen LogP contribution in [0.4, 0.5) is 5.69 Å². The minimum absolute atomic E-state index is 0.665. The molecule has 1 N–H and O–H groups in total. The van der Waals surface area contributed by atoms with Gasteiger partial charge in [0, 0.05) is 59.5 Å². The maximum absolute atomic E-state index is 4.59. The van der Waals surface area contributed by atoms with Crippen LogP contribution in [0.5, 0.6) is 0 Å². The summed E-state index contributed by atoms with van der Waals surface area (Å²) in [7, 11) is 1.95. The summed E-state index contributed by atoms with van der Waals surface area (Å²) in [5.41, 5.74) is 7.01. The number of anilines is 1. The lowest BCUT2D eigenvalue weighted by Gasteiger charge is -2.12. The molecule has 2 aromatic carbocycles. The number of fused-ring (bicyclic) bond motifs is 2. The molecule has 6 nitrogen and oxygen atoms in total. The van der Waals surface area contributed by atoms with Crippen LogP contribution in [0, 0.1) is 0 Å². The lowest BCUT2D eigenvalue weighted by molar-refractivity contribution is 0.797. The molecule has 0 aliphatic carbocycles. The number of nitrogens with zero attached hydrogens (tertiary/aromatic N) is 5. The van der Waals surface area contributed by atoms with E-state index < -0.39 is 0 Å². The van der Waals surface area contributed by atoms with Gasteiger partial charge in [-0.3, -0.25) is 19.6 Å². The van der Waals surface area contributed by atoms with Gasteiger partial charge in [0.1, 0.15) is 0 Å². The van der Waals surface area contributed by atoms with Crippen LogP contribution in [0.25, 0.3) is 33.1 Å². The van der Waals surface area contributed by atoms with E-state index in [1.54, 1.807) is 18.6 Å². The zero-order valence-corrected chi connectivity index (χ0v) is 17.3. The molecular formula is C22H17BrN6. The van der Waals surface area contributed by atoms with Gasteiger partial charge in [-0.05, 0) is 51.3 Å². The van der Waals surface area contributed by atoms with Crippen molar-refractivity contribution in [3.8, 4) is 11.1 Å². The van der Waals surface area contributed by atoms with Gasteiger partial charge in [-0.15, -0.1) is 0 Å². The SMILES string of the molecule is Cn1ncc2ccc(-c3cc(NCc4cncc(Br)c4)cc4nccnc34)cc21. The first-order valence-electron chi connectivity index (χ1n) is 9.17. The van der Waals surface area contributed by atoms with Crippen LogP contribution in [0.15, 0.2) is 71.9 Å². The molecule has 0 saturated heterocycles. The van der Waals surface area contributed by atoms with Crippen molar-refractivity contribution >= 4 is 43.6 Å². The molecule has 0 aliphatic rings. The molecule has 0 unspecified atom stereocenters. The molecule has 0 atom stereocenters. The summed E-state index contributed by atoms with van der Waals surface area (Å²) in [4.78, 5) is 13.3. The predicted octanol–water partition coefficient (Wildman–Crippen LogP) is 4.95. The minimum Gasteiger partial charge on any atom is -0.381 e. The first-order chi connectivity index (χ1) is 14.2. The zero-order chi connectivity index (χ0) is 19.8. The fraction of sp³-hybridized carbons (Fsp3) is 0.0909. The van der Waals surface area contributed by atoms with Crippen molar-refractivity contribution in [2.24, 2.45) is 7.05 Å². The predicted molar refractivity (Wildman–Crippen MR) is 119 cm³/mol. The van der Waals surface area contributed by atoms with Crippen LogP contribution < -0.4 is 5.32 Å². The van der Waals surface area contributed by atoms with Crippen LogP contribution in [0.2, 0.25) is 0 Å². The van der Waals surface area contributed by atoms with Gasteiger partial charge in [0.2, 0.25) is 0 Å². The Bertz CT molecular complexity index is 1340. The van der Waals surface area contributed by atoms with Crippen LogP contribution >= 0.6 is 15.9 Å². The van der Waals surface area contributed by atoms with Crippen molar-refractivity contribution in [2.75, 3.05) is 5.32 Å². The number of benzene rings is 2. The standard InChI is InChI=1S/C22H17BrN6/c1-29-21-7-15(2-3-16(21)12-28-29)19-8-18(9-20-22(19)26-5-4-25-20)27-11-14-6-17(23)13-24-10-14/h2-10,12-13,27H,11H2,1H3. The van der Waals surface area contributed by atoms with E-state index >= 15 is 0 Å². The van der Waals surface area contributed by atoms with Crippen molar-refractivity contribution < 1.29 is 0 Å². The van der Waals surface area contributed by atoms with Crippen molar-refractivity contribution in [2.45, 2.75) is 6.54 Å². The normalized spacial score (nSPS) is 11.2. The molecule has 3 aromatic heterocycles. The third kappa shape index (κ3) is 3.45. The number of rotatable bonds is 4. The summed E-state index contributed by atoms with van der Waals surface area (Å²) in [5, 5.41) is 8.95. The topological polar surface area (TPSA) is 68.5 Å². The number of hydrogen-bond donors (Lipinski definition) is 1. The van der Waals surface area contributed by atoms with E-state index in [1.807, 2.05) is 30.2 Å². The van der Waals surface area contributed by atoms with Gasteiger partial charge in [0.25, 0.3) is 0 Å². The van der Waals surface area contributed by atoms with Gasteiger partial charge in [0.15, 0.2) is 0 Å². The summed E-state index contributed by atoms with van der Waals surface area (Å²) in [6.45, 7) is 0.665. The second-order valence-electron chi connectivity index (χ2n) is 6.85. The third-order valence-electron chi connectivity index (χ3n) is 4.89. The molecule has 7 heteroatoms. The highest BCUT2D eigenvalue weighted by Gasteiger charge is 2.11. The quantitative estimate of drug-likeness (QED) is 0.424. The van der Waals surface area contributed by atoms with Gasteiger partial charge in [0.05, 0.1) is 22.7 Å². The average molecular weight is 445 g/mol. The lowest BCUT2D eigenvalue weighted by atomic mass is 10.0. The van der Waals surface area contributed by atoms with E-state index in [4.69, 9.17) is 0 Å². The molecule has 0 bridgehead atoms. The summed E-state index contributed by atoms with van der Waals surface area (Å²) in [6.07, 6.45) is 8.96. The number of aryl methyl sites for hydroxylation is 1. The minimum atomic E-state index is 0.665. The van der Waals surface area contributed by atoms with E-state index in [1.165, 1.54) is 0 Å². The Kier molecular flexibility index (Phi) is 4.44. The molecule has 29 heavy (non-hydrogen) atoms. The van der Waals surface area contributed by atoms with Crippen molar-refractivity contribution in [3.63, 3.8) is 0 Å². The Labute approximate surface area is 175 Å². The van der Waals surface area contributed by atoms with Gasteiger partial charge in [-0.25, -0.2) is 0 Å². The second-order valence-corrected chi connectivity index (χ2v) is 7.77. The first kappa shape index (κ1) is 17.8. The number of halogens is 1. The zero-order valence-electron chi connectivity index (χ0n) is 15.7. The average Bonchev–Trinajstić information content (AvgIpc) is 3.12. The largest absolute Gasteiger partial charge is 0.381 e. The van der Waals surface area contributed by atoms with E-state index in [-0.39, 0.29) is 0 Å². The van der Waals surface area contributed by atoms with Crippen LogP contribution in [0.3, 0.4) is 0 Å². The second kappa shape index (κ2) is 7.25. The molecule has 5 rings (SSSR count). The first-order valence-corrected chi connectivity index (χ1v) is 9.97. The summed E-state index contributed by atoms with van der Waals surface area (Å²) in [5.74, 6) is 0. The molecule has 0 saturated carbocycles. The van der Waals surface area contributed by atoms with Gasteiger partial charge >= 0.3 is 0 Å². The maximum atomic E-state index is 4.59. The molecule has 0 fully saturated rings. The molecular weight excluding hydrogens is 428 g/mol. The van der Waals surface area contributed by atoms with Gasteiger partial charge < -0.3 is 5.32 Å². The number of hydrogen-bond acceptors (Lipinski definition) is 5. The molecule has 0 aliphatic heterocycles. The number of pyridine rings is 1. The van der Waals surface area contributed by atoms with Crippen molar-refractivity contribution in [1.82, 2.24) is 24.7 Å². The fourth-order valence-corrected chi connectivity index (χ4v) is 3.88. The molecule has 0 radical (unpaired) electrons. The van der Waals surface area contributed by atoms with E-state index in [0.29, 0.717) is 6.54 Å². The van der Waals surface area contributed by atoms with Crippen molar-refractivity contribution in [1.29, 1.82) is 0 Å². The fourth-order valence-electron chi connectivity index (χ4n) is 3.47. The van der Waals surface area contributed by atoms with E-state index in [0.717, 1.165) is 48.8 Å². The number of aromatic nitrogens is 5. The maximum Gasteiger partial charge on any atom is 0.0966 e. The Morgan fingerprint density at radius 3 is 2.79 bits per heavy atom. The summed E-state index contributed by atoms with van der Waals surface area (Å²) in [6, 6.07) is 12.5. The molecule has 0 amide bonds. The van der Waals surface area contributed by atoms with Gasteiger partial charge in [-0.2, -0.15) is 5.10 Å². The number of nitrogens with one attached hydrogen (secondary N) is 1. The summed E-state index contributed by atoms with van der Waals surface area (Å²) < 4.78 is 2.85. The van der Waals surface area contributed by atoms with Crippen LogP contribution in [0.1, 0.15) is 5.56 Å². The van der Waals surface area contributed by atoms with Crippen LogP contribution in [-0.4, -0.2) is 24.7 Å². The monoisotopic (exact) mass is 444 g/mol. The van der Waals surface area contributed by atoms with Crippen LogP contribution in [-0.2, 0) is 13.6 Å². The third-order valence-corrected chi connectivity index (χ3v) is 5.33. The highest BCUT2D eigenvalue weighted by atomic mass is 79.9. The summed E-state index contributed by atoms with van der Waals surface area (Å²) >= 11 is 3.47. The highest BCUT2D eigenvalue weighted by molar-refractivity contribution is 9.10. The molecule has 5 aromatic rings. The Morgan fingerprint density at radius 1 is 1.00 bits per heavy atom. The smallest absolute Gasteiger partial charge is 0.0966 e. The Hall–Kier alpha value is -3.32. The Balaban J connectivity index is 1.58. The molecule has 142 valence electrons. The van der Waals surface area contributed by atoms with E-state index in [9.17, 15) is 0 Å². The highest BCUT2D eigenvalue weighted by Crippen LogP contribution is 2.32. The lowest BCUT2D eigenvalue weighted by Crippen LogP contribution is -2.01. The molecule has 0 spiro atoms. The Morgan fingerprint density at radius 2 is 1.90 bits per heavy atom. The van der Waals surface area contributed by atoms with E-state index in [2.05, 4.69) is 71.6 Å². The molecule has 3 heterocycles. The van der Waals surface area contributed by atoms with Crippen molar-refractivity contribution in [3.05, 3.63) is 77.4 Å².